The predicted octanol–water partition coefficient (Wildman–Crippen LogP) is 19.4. The molecular formula is C66H115NO8P+. The van der Waals surface area contributed by atoms with Crippen molar-refractivity contribution in [3.63, 3.8) is 0 Å². The summed E-state index contributed by atoms with van der Waals surface area (Å²) in [6, 6.07) is 0. The van der Waals surface area contributed by atoms with E-state index in [1.165, 1.54) is 103 Å². The predicted molar refractivity (Wildman–Crippen MR) is 325 cm³/mol. The molecule has 0 radical (unpaired) electrons. The Morgan fingerprint density at radius 2 is 0.711 bits per heavy atom. The van der Waals surface area contributed by atoms with E-state index in [2.05, 4.69) is 123 Å². The molecule has 0 aliphatic rings. The maximum Gasteiger partial charge on any atom is 0.472 e. The average molecular weight is 1080 g/mol. The van der Waals surface area contributed by atoms with Gasteiger partial charge in [-0.05, 0) is 96.3 Å². The Hall–Kier alpha value is -3.33. The van der Waals surface area contributed by atoms with Gasteiger partial charge < -0.3 is 18.9 Å². The first-order valence-electron chi connectivity index (χ1n) is 30.6. The van der Waals surface area contributed by atoms with Gasteiger partial charge in [-0.2, -0.15) is 0 Å². The van der Waals surface area contributed by atoms with Crippen LogP contribution in [0.1, 0.15) is 245 Å². The summed E-state index contributed by atoms with van der Waals surface area (Å²) in [5, 5.41) is 0. The van der Waals surface area contributed by atoms with Crippen LogP contribution in [0, 0.1) is 0 Å². The normalized spacial score (nSPS) is 14.0. The molecular weight excluding hydrogens is 966 g/mol. The van der Waals surface area contributed by atoms with Crippen LogP contribution in [0.5, 0.6) is 0 Å². The number of allylic oxidation sites excluding steroid dienone is 18. The largest absolute Gasteiger partial charge is 0.472 e. The van der Waals surface area contributed by atoms with Crippen LogP contribution in [0.25, 0.3) is 0 Å². The minimum Gasteiger partial charge on any atom is -0.462 e. The summed E-state index contributed by atoms with van der Waals surface area (Å²) >= 11 is 0. The summed E-state index contributed by atoms with van der Waals surface area (Å²) in [5.41, 5.74) is 0. The number of hydrogen-bond acceptors (Lipinski definition) is 7. The fourth-order valence-electron chi connectivity index (χ4n) is 8.15. The molecule has 436 valence electrons. The molecule has 10 heteroatoms. The van der Waals surface area contributed by atoms with Crippen molar-refractivity contribution in [1.29, 1.82) is 0 Å². The maximum absolute atomic E-state index is 12.8. The fraction of sp³-hybridized carbons (Fsp3) is 0.697. The fourth-order valence-corrected chi connectivity index (χ4v) is 8.89. The second kappa shape index (κ2) is 56.4. The molecule has 1 N–H and O–H groups in total. The summed E-state index contributed by atoms with van der Waals surface area (Å²) < 4.78 is 34.5. The first-order valence-corrected chi connectivity index (χ1v) is 32.1. The third-order valence-corrected chi connectivity index (χ3v) is 13.8. The second-order valence-electron chi connectivity index (χ2n) is 21.3. The van der Waals surface area contributed by atoms with Crippen molar-refractivity contribution in [3.8, 4) is 0 Å². The highest BCUT2D eigenvalue weighted by molar-refractivity contribution is 7.47. The van der Waals surface area contributed by atoms with Crippen molar-refractivity contribution in [3.05, 3.63) is 109 Å². The number of esters is 2. The topological polar surface area (TPSA) is 108 Å². The SMILES string of the molecule is CC/C=C\C/C=C\C/C=C\C/C=C\C/C=C\CCCCCCCCCCCCCCCCCCCCCC(=O)OC(COC(=O)CCCCCC/C=C\C/C=C\C/C=C\C/C=C\CC)COP(=O)(O)OCC[N+](C)(C)C. The van der Waals surface area contributed by atoms with Crippen molar-refractivity contribution < 1.29 is 42.1 Å². The van der Waals surface area contributed by atoms with Gasteiger partial charge in [-0.15, -0.1) is 0 Å². The smallest absolute Gasteiger partial charge is 0.462 e. The van der Waals surface area contributed by atoms with Crippen molar-refractivity contribution in [1.82, 2.24) is 0 Å². The molecule has 0 aliphatic heterocycles. The van der Waals surface area contributed by atoms with Gasteiger partial charge in [-0.3, -0.25) is 18.6 Å². The van der Waals surface area contributed by atoms with Crippen LogP contribution < -0.4 is 0 Å². The van der Waals surface area contributed by atoms with E-state index in [4.69, 9.17) is 18.5 Å². The molecule has 0 saturated carbocycles. The third-order valence-electron chi connectivity index (χ3n) is 12.8. The molecule has 0 heterocycles. The highest BCUT2D eigenvalue weighted by atomic mass is 31.2. The quantitative estimate of drug-likeness (QED) is 0.0211. The third kappa shape index (κ3) is 59.9. The molecule has 0 spiro atoms. The number of unbranched alkanes of at least 4 members (excludes halogenated alkanes) is 23. The lowest BCUT2D eigenvalue weighted by Crippen LogP contribution is -2.37. The minimum absolute atomic E-state index is 0.0238. The molecule has 0 rings (SSSR count). The molecule has 9 nitrogen and oxygen atoms in total. The number of ether oxygens (including phenoxy) is 2. The summed E-state index contributed by atoms with van der Waals surface area (Å²) in [6.07, 6.45) is 78.9. The lowest BCUT2D eigenvalue weighted by molar-refractivity contribution is -0.870. The Morgan fingerprint density at radius 3 is 1.05 bits per heavy atom. The molecule has 0 amide bonds. The summed E-state index contributed by atoms with van der Waals surface area (Å²) in [6.45, 7) is 4.18. The first kappa shape index (κ1) is 72.7. The number of quaternary nitrogens is 1. The van der Waals surface area contributed by atoms with E-state index in [0.717, 1.165) is 103 Å². The van der Waals surface area contributed by atoms with Crippen LogP contribution in [0.2, 0.25) is 0 Å². The van der Waals surface area contributed by atoms with Crippen molar-refractivity contribution >= 4 is 19.8 Å². The number of hydrogen-bond donors (Lipinski definition) is 1. The molecule has 2 atom stereocenters. The highest BCUT2D eigenvalue weighted by Crippen LogP contribution is 2.43. The Labute approximate surface area is 467 Å². The van der Waals surface area contributed by atoms with Gasteiger partial charge in [0.25, 0.3) is 0 Å². The number of carbonyl (C=O) groups is 2. The number of phosphoric acid groups is 1. The van der Waals surface area contributed by atoms with Gasteiger partial charge in [-0.25, -0.2) is 4.57 Å². The molecule has 0 aromatic heterocycles. The number of likely N-dealkylation sites (N-methyl/N-ethyl adjacent to an activating group) is 1. The zero-order valence-corrected chi connectivity index (χ0v) is 50.3. The van der Waals surface area contributed by atoms with E-state index in [-0.39, 0.29) is 26.1 Å². The zero-order valence-electron chi connectivity index (χ0n) is 49.5. The number of phosphoric ester groups is 1. The van der Waals surface area contributed by atoms with Crippen LogP contribution >= 0.6 is 7.82 Å². The lowest BCUT2D eigenvalue weighted by atomic mass is 10.0. The molecule has 0 aliphatic carbocycles. The van der Waals surface area contributed by atoms with Gasteiger partial charge >= 0.3 is 19.8 Å². The molecule has 0 aromatic carbocycles. The van der Waals surface area contributed by atoms with Crippen LogP contribution in [-0.2, 0) is 32.7 Å². The van der Waals surface area contributed by atoms with E-state index in [1.807, 2.05) is 21.1 Å². The maximum atomic E-state index is 12.8. The molecule has 76 heavy (non-hydrogen) atoms. The standard InChI is InChI=1S/C66H114NO8P/c1-6-8-10-12-14-16-18-20-22-24-25-26-27-28-29-30-31-32-33-34-35-36-37-38-39-40-41-43-45-47-49-51-53-55-57-59-66(69)75-64(63-74-76(70,71)73-61-60-67(3,4)5)62-72-65(68)58-56-54-52-50-48-46-44-42-23-21-19-17-15-13-11-9-7-2/h8-11,14-17,20-23,25-26,28-29,44,46,64H,6-7,12-13,18-19,24,27,30-43,45,47-63H2,1-5H3/p+1/b10-8-,11-9-,16-14-,17-15-,22-20-,23-21-,26-25-,29-28-,46-44-. The summed E-state index contributed by atoms with van der Waals surface area (Å²) in [4.78, 5) is 35.7. The Bertz CT molecular complexity index is 1650. The van der Waals surface area contributed by atoms with Gasteiger partial charge in [0.1, 0.15) is 19.8 Å². The van der Waals surface area contributed by atoms with Crippen LogP contribution in [0.15, 0.2) is 109 Å². The van der Waals surface area contributed by atoms with Gasteiger partial charge in [0, 0.05) is 12.8 Å². The summed E-state index contributed by atoms with van der Waals surface area (Å²) in [5.74, 6) is -0.825. The van der Waals surface area contributed by atoms with Gasteiger partial charge in [0.2, 0.25) is 0 Å². The first-order chi connectivity index (χ1) is 37.0. The van der Waals surface area contributed by atoms with Crippen LogP contribution in [-0.4, -0.2) is 74.9 Å². The Balaban J connectivity index is 4.06. The van der Waals surface area contributed by atoms with Crippen LogP contribution in [0.4, 0.5) is 0 Å². The molecule has 0 bridgehead atoms. The van der Waals surface area contributed by atoms with E-state index in [0.29, 0.717) is 23.9 Å². The minimum atomic E-state index is -4.40. The van der Waals surface area contributed by atoms with Gasteiger partial charge in [-0.1, -0.05) is 245 Å². The number of nitrogens with zero attached hydrogens (tertiary/aromatic N) is 1. The Morgan fingerprint density at radius 1 is 0.408 bits per heavy atom. The average Bonchev–Trinajstić information content (AvgIpc) is 3.38. The van der Waals surface area contributed by atoms with E-state index in [1.54, 1.807) is 0 Å². The van der Waals surface area contributed by atoms with E-state index in [9.17, 15) is 19.0 Å². The molecule has 2 unspecified atom stereocenters. The molecule has 0 aromatic rings. The number of carbonyl (C=O) groups excluding carboxylic acids is 2. The molecule has 0 fully saturated rings. The Kier molecular flexibility index (Phi) is 53.9. The van der Waals surface area contributed by atoms with Gasteiger partial charge in [0.05, 0.1) is 27.7 Å². The van der Waals surface area contributed by atoms with E-state index < -0.39 is 32.5 Å². The zero-order chi connectivity index (χ0) is 55.6. The van der Waals surface area contributed by atoms with E-state index >= 15 is 0 Å². The highest BCUT2D eigenvalue weighted by Gasteiger charge is 2.27. The van der Waals surface area contributed by atoms with Crippen molar-refractivity contribution in [2.75, 3.05) is 47.5 Å². The lowest BCUT2D eigenvalue weighted by Gasteiger charge is -2.24. The van der Waals surface area contributed by atoms with Crippen molar-refractivity contribution in [2.24, 2.45) is 0 Å². The molecule has 0 saturated heterocycles. The monoisotopic (exact) mass is 1080 g/mol. The van der Waals surface area contributed by atoms with Crippen LogP contribution in [0.3, 0.4) is 0 Å². The van der Waals surface area contributed by atoms with Crippen molar-refractivity contribution in [2.45, 2.75) is 251 Å². The van der Waals surface area contributed by atoms with Gasteiger partial charge in [0.15, 0.2) is 6.10 Å². The summed E-state index contributed by atoms with van der Waals surface area (Å²) in [7, 11) is 1.46. The number of rotatable bonds is 55. The second-order valence-corrected chi connectivity index (χ2v) is 22.8.